The Labute approximate surface area is 162 Å². The Bertz CT molecular complexity index is 906. The van der Waals surface area contributed by atoms with Crippen LogP contribution in [-0.2, 0) is 11.2 Å². The Hall–Kier alpha value is -2.33. The van der Waals surface area contributed by atoms with E-state index in [9.17, 15) is 4.79 Å². The van der Waals surface area contributed by atoms with Crippen molar-refractivity contribution < 1.29 is 9.53 Å². The average Bonchev–Trinajstić information content (AvgIpc) is 2.67. The molecule has 0 aliphatic heterocycles. The van der Waals surface area contributed by atoms with Crippen molar-refractivity contribution in [3.05, 3.63) is 76.3 Å². The maximum atomic E-state index is 12.2. The first-order valence-electron chi connectivity index (χ1n) is 8.76. The van der Waals surface area contributed by atoms with Gasteiger partial charge in [-0.3, -0.25) is 4.79 Å². The second kappa shape index (κ2) is 8.37. The van der Waals surface area contributed by atoms with Crippen molar-refractivity contribution in [1.29, 1.82) is 0 Å². The second-order valence-electron chi connectivity index (χ2n) is 6.27. The van der Waals surface area contributed by atoms with Gasteiger partial charge in [-0.25, -0.2) is 0 Å². The molecule has 0 unspecified atom stereocenters. The van der Waals surface area contributed by atoms with Gasteiger partial charge in [0.1, 0.15) is 5.75 Å². The number of hydrogen-bond donors (Lipinski definition) is 1. The first kappa shape index (κ1) is 18.5. The quantitative estimate of drug-likeness (QED) is 0.587. The number of carbonyl (C=O) groups is 1. The standard InChI is InChI=1S/C22H22BrNO2/c1-3-16-8-10-17(11-9-16)15(2)24-21(25)14-26-20-13-12-18-6-4-5-7-19(18)22(20)23/h4-13,15H,3,14H2,1-2H3,(H,24,25)/t15-/m1/s1. The molecule has 3 rings (SSSR count). The molecule has 0 saturated heterocycles. The summed E-state index contributed by atoms with van der Waals surface area (Å²) in [4.78, 5) is 12.2. The van der Waals surface area contributed by atoms with E-state index in [2.05, 4.69) is 52.4 Å². The van der Waals surface area contributed by atoms with E-state index in [1.54, 1.807) is 0 Å². The van der Waals surface area contributed by atoms with Gasteiger partial charge < -0.3 is 10.1 Å². The molecule has 0 aliphatic rings. The fourth-order valence-corrected chi connectivity index (χ4v) is 3.48. The van der Waals surface area contributed by atoms with Gasteiger partial charge in [0.05, 0.1) is 10.5 Å². The lowest BCUT2D eigenvalue weighted by atomic mass is 10.1. The molecular weight excluding hydrogens is 390 g/mol. The third-order valence-corrected chi connectivity index (χ3v) is 5.27. The number of fused-ring (bicyclic) bond motifs is 1. The van der Waals surface area contributed by atoms with Crippen LogP contribution in [0.5, 0.6) is 5.75 Å². The van der Waals surface area contributed by atoms with Crippen molar-refractivity contribution in [3.63, 3.8) is 0 Å². The zero-order valence-electron chi connectivity index (χ0n) is 15.0. The summed E-state index contributed by atoms with van der Waals surface area (Å²) in [5.74, 6) is 0.524. The summed E-state index contributed by atoms with van der Waals surface area (Å²) in [6, 6.07) is 20.2. The minimum Gasteiger partial charge on any atom is -0.483 e. The van der Waals surface area contributed by atoms with E-state index < -0.39 is 0 Å². The number of hydrogen-bond acceptors (Lipinski definition) is 2. The number of nitrogens with one attached hydrogen (secondary N) is 1. The molecule has 3 nitrogen and oxygen atoms in total. The molecule has 134 valence electrons. The van der Waals surface area contributed by atoms with Crippen molar-refractivity contribution >= 4 is 32.6 Å². The van der Waals surface area contributed by atoms with Crippen LogP contribution in [0.4, 0.5) is 0 Å². The van der Waals surface area contributed by atoms with Crippen LogP contribution in [0.15, 0.2) is 65.1 Å². The van der Waals surface area contributed by atoms with Crippen LogP contribution in [0, 0.1) is 0 Å². The van der Waals surface area contributed by atoms with E-state index in [1.807, 2.05) is 43.3 Å². The number of rotatable bonds is 6. The summed E-state index contributed by atoms with van der Waals surface area (Å²) in [5, 5.41) is 5.17. The summed E-state index contributed by atoms with van der Waals surface area (Å²) in [7, 11) is 0. The highest BCUT2D eigenvalue weighted by molar-refractivity contribution is 9.10. The van der Waals surface area contributed by atoms with E-state index in [0.29, 0.717) is 5.75 Å². The molecular formula is C22H22BrNO2. The maximum Gasteiger partial charge on any atom is 0.258 e. The highest BCUT2D eigenvalue weighted by Crippen LogP contribution is 2.32. The van der Waals surface area contributed by atoms with Gasteiger partial charge in [-0.1, -0.05) is 61.5 Å². The lowest BCUT2D eigenvalue weighted by Gasteiger charge is -2.16. The topological polar surface area (TPSA) is 38.3 Å². The third kappa shape index (κ3) is 4.25. The van der Waals surface area contributed by atoms with E-state index in [4.69, 9.17) is 4.74 Å². The largest absolute Gasteiger partial charge is 0.483 e. The molecule has 0 radical (unpaired) electrons. The van der Waals surface area contributed by atoms with Crippen LogP contribution < -0.4 is 10.1 Å². The Morgan fingerprint density at radius 1 is 1.08 bits per heavy atom. The van der Waals surface area contributed by atoms with E-state index in [0.717, 1.165) is 27.2 Å². The van der Waals surface area contributed by atoms with Crippen LogP contribution in [0.3, 0.4) is 0 Å². The Balaban J connectivity index is 1.60. The van der Waals surface area contributed by atoms with Crippen LogP contribution in [-0.4, -0.2) is 12.5 Å². The van der Waals surface area contributed by atoms with Gasteiger partial charge in [-0.05, 0) is 57.2 Å². The molecule has 0 bridgehead atoms. The van der Waals surface area contributed by atoms with Crippen LogP contribution in [0.2, 0.25) is 0 Å². The summed E-state index contributed by atoms with van der Waals surface area (Å²) in [6.07, 6.45) is 1.01. The fourth-order valence-electron chi connectivity index (χ4n) is 2.88. The van der Waals surface area contributed by atoms with Crippen molar-refractivity contribution in [2.24, 2.45) is 0 Å². The molecule has 0 fully saturated rings. The molecule has 1 amide bonds. The minimum atomic E-state index is -0.142. The molecule has 1 atom stereocenters. The minimum absolute atomic E-state index is 0.0195. The van der Waals surface area contributed by atoms with Gasteiger partial charge in [0, 0.05) is 0 Å². The molecule has 1 N–H and O–H groups in total. The smallest absolute Gasteiger partial charge is 0.258 e. The average molecular weight is 412 g/mol. The monoisotopic (exact) mass is 411 g/mol. The van der Waals surface area contributed by atoms with Gasteiger partial charge in [-0.15, -0.1) is 0 Å². The first-order chi connectivity index (χ1) is 12.6. The molecule has 3 aromatic rings. The van der Waals surface area contributed by atoms with Gasteiger partial charge in [-0.2, -0.15) is 0 Å². The highest BCUT2D eigenvalue weighted by Gasteiger charge is 2.12. The molecule has 3 aromatic carbocycles. The highest BCUT2D eigenvalue weighted by atomic mass is 79.9. The predicted octanol–water partition coefficient (Wildman–Crippen LogP) is 5.42. The molecule has 26 heavy (non-hydrogen) atoms. The van der Waals surface area contributed by atoms with Crippen molar-refractivity contribution in [1.82, 2.24) is 5.32 Å². The van der Waals surface area contributed by atoms with Gasteiger partial charge in [0.25, 0.3) is 5.91 Å². The normalized spacial score (nSPS) is 12.0. The molecule has 0 heterocycles. The molecule has 4 heteroatoms. The zero-order valence-corrected chi connectivity index (χ0v) is 16.5. The third-order valence-electron chi connectivity index (χ3n) is 4.45. The number of halogens is 1. The lowest BCUT2D eigenvalue weighted by molar-refractivity contribution is -0.123. The SMILES string of the molecule is CCc1ccc([C@@H](C)NC(=O)COc2ccc3ccccc3c2Br)cc1. The zero-order chi connectivity index (χ0) is 18.5. The summed E-state index contributed by atoms with van der Waals surface area (Å²) in [5.41, 5.74) is 2.37. The van der Waals surface area contributed by atoms with Crippen LogP contribution >= 0.6 is 15.9 Å². The first-order valence-corrected chi connectivity index (χ1v) is 9.56. The van der Waals surface area contributed by atoms with Crippen molar-refractivity contribution in [2.75, 3.05) is 6.61 Å². The molecule has 0 spiro atoms. The lowest BCUT2D eigenvalue weighted by Crippen LogP contribution is -2.31. The molecule has 0 saturated carbocycles. The van der Waals surface area contributed by atoms with E-state index in [1.165, 1.54) is 5.56 Å². The number of carbonyl (C=O) groups excluding carboxylic acids is 1. The number of ether oxygens (including phenoxy) is 1. The van der Waals surface area contributed by atoms with E-state index >= 15 is 0 Å². The number of benzene rings is 3. The van der Waals surface area contributed by atoms with Crippen molar-refractivity contribution in [2.45, 2.75) is 26.3 Å². The summed E-state index contributed by atoms with van der Waals surface area (Å²) in [6.45, 7) is 4.08. The summed E-state index contributed by atoms with van der Waals surface area (Å²) >= 11 is 3.58. The number of aryl methyl sites for hydroxylation is 1. The predicted molar refractivity (Wildman–Crippen MR) is 110 cm³/mol. The van der Waals surface area contributed by atoms with Gasteiger partial charge in [0.2, 0.25) is 0 Å². The Morgan fingerprint density at radius 2 is 1.81 bits per heavy atom. The Kier molecular flexibility index (Phi) is 5.94. The van der Waals surface area contributed by atoms with Gasteiger partial charge in [0.15, 0.2) is 6.61 Å². The molecule has 0 aliphatic carbocycles. The Morgan fingerprint density at radius 3 is 2.54 bits per heavy atom. The van der Waals surface area contributed by atoms with E-state index in [-0.39, 0.29) is 18.6 Å². The van der Waals surface area contributed by atoms with Gasteiger partial charge >= 0.3 is 0 Å². The van der Waals surface area contributed by atoms with Crippen LogP contribution in [0.25, 0.3) is 10.8 Å². The summed E-state index contributed by atoms with van der Waals surface area (Å²) < 4.78 is 6.59. The maximum absolute atomic E-state index is 12.2. The van der Waals surface area contributed by atoms with Crippen LogP contribution in [0.1, 0.15) is 31.0 Å². The van der Waals surface area contributed by atoms with Crippen molar-refractivity contribution in [3.8, 4) is 5.75 Å². The number of amides is 1. The fraction of sp³-hybridized carbons (Fsp3) is 0.227. The second-order valence-corrected chi connectivity index (χ2v) is 7.06. The molecule has 0 aromatic heterocycles.